The van der Waals surface area contributed by atoms with Crippen molar-refractivity contribution in [3.63, 3.8) is 0 Å². The number of aromatic nitrogens is 1. The molecule has 0 aromatic carbocycles. The van der Waals surface area contributed by atoms with Gasteiger partial charge in [0.25, 0.3) is 0 Å². The molecule has 1 aromatic heterocycles. The van der Waals surface area contributed by atoms with Crippen LogP contribution in [0.4, 0.5) is 5.69 Å². The van der Waals surface area contributed by atoms with Crippen molar-refractivity contribution in [2.75, 3.05) is 5.32 Å². The van der Waals surface area contributed by atoms with Gasteiger partial charge in [-0.1, -0.05) is 26.7 Å². The van der Waals surface area contributed by atoms with Crippen LogP contribution < -0.4 is 10.9 Å². The highest BCUT2D eigenvalue weighted by Gasteiger charge is 2.06. The molecule has 0 saturated heterocycles. The zero-order valence-corrected chi connectivity index (χ0v) is 10.5. The maximum Gasteiger partial charge on any atom is 0.250 e. The Balaban J connectivity index is 2.69. The Labute approximate surface area is 97.5 Å². The van der Waals surface area contributed by atoms with Gasteiger partial charge < -0.3 is 9.88 Å². The third-order valence-electron chi connectivity index (χ3n) is 2.73. The summed E-state index contributed by atoms with van der Waals surface area (Å²) >= 11 is 0. The number of pyridine rings is 1. The fraction of sp³-hybridized carbons (Fsp3) is 0.615. The summed E-state index contributed by atoms with van der Waals surface area (Å²) in [4.78, 5) is 11.2. The van der Waals surface area contributed by atoms with E-state index in [1.165, 1.54) is 25.7 Å². The number of aryl methyl sites for hydroxylation is 1. The van der Waals surface area contributed by atoms with Crippen LogP contribution in [-0.2, 0) is 7.05 Å². The Morgan fingerprint density at radius 2 is 1.88 bits per heavy atom. The molecule has 16 heavy (non-hydrogen) atoms. The minimum absolute atomic E-state index is 0.0353. The van der Waals surface area contributed by atoms with Crippen molar-refractivity contribution in [3.05, 3.63) is 28.7 Å². The van der Waals surface area contributed by atoms with Crippen LogP contribution in [0.15, 0.2) is 23.1 Å². The van der Waals surface area contributed by atoms with Crippen LogP contribution in [0.1, 0.15) is 39.5 Å². The monoisotopic (exact) mass is 222 g/mol. The first kappa shape index (κ1) is 12.8. The van der Waals surface area contributed by atoms with Crippen molar-refractivity contribution in [2.24, 2.45) is 7.05 Å². The molecule has 1 rings (SSSR count). The third-order valence-corrected chi connectivity index (χ3v) is 2.73. The van der Waals surface area contributed by atoms with Gasteiger partial charge in [0.2, 0.25) is 5.56 Å². The zero-order valence-electron chi connectivity index (χ0n) is 10.5. The Morgan fingerprint density at radius 1 is 1.25 bits per heavy atom. The van der Waals surface area contributed by atoms with Gasteiger partial charge in [-0.2, -0.15) is 0 Å². The van der Waals surface area contributed by atoms with E-state index in [1.807, 2.05) is 12.3 Å². The second kappa shape index (κ2) is 6.36. The average Bonchev–Trinajstić information content (AvgIpc) is 2.24. The lowest BCUT2D eigenvalue weighted by molar-refractivity contribution is 0.585. The molecule has 0 aliphatic carbocycles. The van der Waals surface area contributed by atoms with Gasteiger partial charge in [0.1, 0.15) is 0 Å². The van der Waals surface area contributed by atoms with Crippen molar-refractivity contribution >= 4 is 5.69 Å². The SMILES string of the molecule is CCCC(CCC)Nc1ccc(=O)n(C)c1. The molecule has 0 fully saturated rings. The van der Waals surface area contributed by atoms with Crippen LogP contribution in [0.2, 0.25) is 0 Å². The molecule has 0 aliphatic heterocycles. The molecule has 0 unspecified atom stereocenters. The predicted octanol–water partition coefficient (Wildman–Crippen LogP) is 2.77. The van der Waals surface area contributed by atoms with Crippen LogP contribution in [0.5, 0.6) is 0 Å². The van der Waals surface area contributed by atoms with Gasteiger partial charge in [-0.05, 0) is 18.9 Å². The second-order valence-corrected chi connectivity index (χ2v) is 4.29. The van der Waals surface area contributed by atoms with E-state index in [1.54, 1.807) is 17.7 Å². The first-order valence-electron chi connectivity index (χ1n) is 6.10. The summed E-state index contributed by atoms with van der Waals surface area (Å²) < 4.78 is 1.61. The number of nitrogens with one attached hydrogen (secondary N) is 1. The van der Waals surface area contributed by atoms with Gasteiger partial charge in [-0.3, -0.25) is 4.79 Å². The molecule has 1 heterocycles. The molecule has 1 aromatic rings. The molecule has 0 radical (unpaired) electrons. The largest absolute Gasteiger partial charge is 0.381 e. The van der Waals surface area contributed by atoms with Crippen molar-refractivity contribution < 1.29 is 0 Å². The maximum atomic E-state index is 11.2. The van der Waals surface area contributed by atoms with Crippen molar-refractivity contribution in [2.45, 2.75) is 45.6 Å². The highest BCUT2D eigenvalue weighted by atomic mass is 16.1. The lowest BCUT2D eigenvalue weighted by atomic mass is 10.1. The van der Waals surface area contributed by atoms with Crippen LogP contribution in [-0.4, -0.2) is 10.6 Å². The quantitative estimate of drug-likeness (QED) is 0.803. The van der Waals surface area contributed by atoms with Crippen molar-refractivity contribution in [1.82, 2.24) is 4.57 Å². The molecule has 3 nitrogen and oxygen atoms in total. The zero-order chi connectivity index (χ0) is 12.0. The van der Waals surface area contributed by atoms with Gasteiger partial charge in [0.05, 0.1) is 5.69 Å². The Bertz CT molecular complexity index is 364. The number of anilines is 1. The summed E-state index contributed by atoms with van der Waals surface area (Å²) in [6.07, 6.45) is 6.58. The molecule has 0 amide bonds. The summed E-state index contributed by atoms with van der Waals surface area (Å²) in [5.41, 5.74) is 1.07. The second-order valence-electron chi connectivity index (χ2n) is 4.29. The van der Waals surface area contributed by atoms with E-state index < -0.39 is 0 Å². The van der Waals surface area contributed by atoms with E-state index in [-0.39, 0.29) is 5.56 Å². The van der Waals surface area contributed by atoms with Gasteiger partial charge in [-0.25, -0.2) is 0 Å². The van der Waals surface area contributed by atoms with E-state index >= 15 is 0 Å². The fourth-order valence-electron chi connectivity index (χ4n) is 1.90. The Hall–Kier alpha value is -1.25. The number of nitrogens with zero attached hydrogens (tertiary/aromatic N) is 1. The summed E-state index contributed by atoms with van der Waals surface area (Å²) in [7, 11) is 1.78. The van der Waals surface area contributed by atoms with Gasteiger partial charge in [0, 0.05) is 25.4 Å². The van der Waals surface area contributed by atoms with Gasteiger partial charge in [-0.15, -0.1) is 0 Å². The lowest BCUT2D eigenvalue weighted by Crippen LogP contribution is -2.21. The highest BCUT2D eigenvalue weighted by molar-refractivity contribution is 5.41. The molecule has 0 saturated carbocycles. The predicted molar refractivity (Wildman–Crippen MR) is 68.9 cm³/mol. The number of rotatable bonds is 6. The normalized spacial score (nSPS) is 10.8. The molecule has 0 aliphatic rings. The molecule has 0 spiro atoms. The van der Waals surface area contributed by atoms with Crippen LogP contribution in [0.25, 0.3) is 0 Å². The smallest absolute Gasteiger partial charge is 0.250 e. The van der Waals surface area contributed by atoms with E-state index in [0.29, 0.717) is 6.04 Å². The summed E-state index contributed by atoms with van der Waals surface area (Å²) in [5, 5.41) is 3.49. The summed E-state index contributed by atoms with van der Waals surface area (Å²) in [6, 6.07) is 3.99. The topological polar surface area (TPSA) is 34.0 Å². The average molecular weight is 222 g/mol. The maximum absolute atomic E-state index is 11.2. The van der Waals surface area contributed by atoms with Crippen LogP contribution >= 0.6 is 0 Å². The fourth-order valence-corrected chi connectivity index (χ4v) is 1.90. The summed E-state index contributed by atoms with van der Waals surface area (Å²) in [5.74, 6) is 0. The van der Waals surface area contributed by atoms with E-state index in [0.717, 1.165) is 5.69 Å². The van der Waals surface area contributed by atoms with E-state index in [2.05, 4.69) is 19.2 Å². The van der Waals surface area contributed by atoms with E-state index in [4.69, 9.17) is 0 Å². The summed E-state index contributed by atoms with van der Waals surface area (Å²) in [6.45, 7) is 4.40. The first-order valence-corrected chi connectivity index (χ1v) is 6.10. The lowest BCUT2D eigenvalue weighted by Gasteiger charge is -2.18. The molecular formula is C13H22N2O. The van der Waals surface area contributed by atoms with Crippen molar-refractivity contribution in [3.8, 4) is 0 Å². The first-order chi connectivity index (χ1) is 7.67. The van der Waals surface area contributed by atoms with E-state index in [9.17, 15) is 4.79 Å². The van der Waals surface area contributed by atoms with Gasteiger partial charge in [0.15, 0.2) is 0 Å². The molecule has 1 N–H and O–H groups in total. The minimum Gasteiger partial charge on any atom is -0.381 e. The van der Waals surface area contributed by atoms with Crippen LogP contribution in [0, 0.1) is 0 Å². The molecule has 90 valence electrons. The van der Waals surface area contributed by atoms with Gasteiger partial charge >= 0.3 is 0 Å². The third kappa shape index (κ3) is 3.72. The molecule has 3 heteroatoms. The Kier molecular flexibility index (Phi) is 5.09. The Morgan fingerprint density at radius 3 is 2.38 bits per heavy atom. The molecular weight excluding hydrogens is 200 g/mol. The van der Waals surface area contributed by atoms with Crippen molar-refractivity contribution in [1.29, 1.82) is 0 Å². The highest BCUT2D eigenvalue weighted by Crippen LogP contribution is 2.12. The molecule has 0 bridgehead atoms. The minimum atomic E-state index is 0.0353. The standard InChI is InChI=1S/C13H22N2O/c1-4-6-11(7-5-2)14-12-8-9-13(16)15(3)10-12/h8-11,14H,4-7H2,1-3H3. The van der Waals surface area contributed by atoms with Crippen LogP contribution in [0.3, 0.4) is 0 Å². The molecule has 0 atom stereocenters. The number of hydrogen-bond acceptors (Lipinski definition) is 2. The number of hydrogen-bond donors (Lipinski definition) is 1.